The second-order valence-electron chi connectivity index (χ2n) is 8.56. The molecule has 2 aliphatic heterocycles. The van der Waals surface area contributed by atoms with Gasteiger partial charge in [-0.3, -0.25) is 19.7 Å². The molecule has 0 radical (unpaired) electrons. The van der Waals surface area contributed by atoms with Crippen LogP contribution in [0.25, 0.3) is 10.9 Å². The Morgan fingerprint density at radius 1 is 1.19 bits per heavy atom. The number of hydrogen-bond donors (Lipinski definition) is 1. The lowest BCUT2D eigenvalue weighted by Crippen LogP contribution is -2.64. The smallest absolute Gasteiger partial charge is 0.269 e. The fourth-order valence-corrected chi connectivity index (χ4v) is 5.03. The first-order chi connectivity index (χ1) is 15.4. The number of aromatic nitrogens is 1. The minimum absolute atomic E-state index is 0.0192. The highest BCUT2D eigenvalue weighted by atomic mass is 16.6. The number of rotatable bonds is 4. The van der Waals surface area contributed by atoms with Gasteiger partial charge in [-0.25, -0.2) is 0 Å². The van der Waals surface area contributed by atoms with Gasteiger partial charge in [-0.15, -0.1) is 0 Å². The molecule has 1 saturated heterocycles. The number of para-hydroxylation sites is 1. The highest BCUT2D eigenvalue weighted by Crippen LogP contribution is 2.43. The number of fused-ring (bicyclic) bond motifs is 4. The van der Waals surface area contributed by atoms with Crippen LogP contribution in [-0.4, -0.2) is 50.1 Å². The number of nitro groups is 1. The molecular weight excluding hydrogens is 408 g/mol. The lowest BCUT2D eigenvalue weighted by atomic mass is 9.85. The predicted octanol–water partition coefficient (Wildman–Crippen LogP) is 3.56. The van der Waals surface area contributed by atoms with Gasteiger partial charge in [0.05, 0.1) is 11.0 Å². The van der Waals surface area contributed by atoms with Gasteiger partial charge < -0.3 is 14.8 Å². The summed E-state index contributed by atoms with van der Waals surface area (Å²) >= 11 is 0. The van der Waals surface area contributed by atoms with E-state index in [9.17, 15) is 19.7 Å². The van der Waals surface area contributed by atoms with E-state index in [-0.39, 0.29) is 30.1 Å². The second kappa shape index (κ2) is 7.47. The SMILES string of the molecule is CC[C@H](C)N1CC(=O)N2[C@@H](c3cccc([N+](=O)[O-])c3)c3[nH]c4ccccc4c3C[C@@H]2C1=O. The lowest BCUT2D eigenvalue weighted by molar-refractivity contribution is -0.384. The fraction of sp³-hybridized carbons (Fsp3) is 0.333. The Labute approximate surface area is 185 Å². The number of hydrogen-bond acceptors (Lipinski definition) is 4. The van der Waals surface area contributed by atoms with E-state index >= 15 is 0 Å². The number of carbonyl (C=O) groups is 2. The minimum atomic E-state index is -0.638. The third-order valence-electron chi connectivity index (χ3n) is 6.81. The molecular formula is C24H24N4O4. The van der Waals surface area contributed by atoms with Crippen molar-refractivity contribution >= 4 is 28.4 Å². The van der Waals surface area contributed by atoms with Crippen LogP contribution in [0.2, 0.25) is 0 Å². The molecule has 3 aromatic rings. The predicted molar refractivity (Wildman–Crippen MR) is 119 cm³/mol. The van der Waals surface area contributed by atoms with Crippen LogP contribution in [0.5, 0.6) is 0 Å². The quantitative estimate of drug-likeness (QED) is 0.503. The summed E-state index contributed by atoms with van der Waals surface area (Å²) < 4.78 is 0. The summed E-state index contributed by atoms with van der Waals surface area (Å²) in [5, 5.41) is 12.4. The van der Waals surface area contributed by atoms with Gasteiger partial charge in [-0.1, -0.05) is 37.3 Å². The van der Waals surface area contributed by atoms with Crippen molar-refractivity contribution in [2.75, 3.05) is 6.54 Å². The molecule has 2 amide bonds. The molecule has 5 rings (SSSR count). The van der Waals surface area contributed by atoms with E-state index in [1.54, 1.807) is 21.9 Å². The van der Waals surface area contributed by atoms with Crippen molar-refractivity contribution in [1.29, 1.82) is 0 Å². The van der Waals surface area contributed by atoms with Crippen LogP contribution in [0, 0.1) is 10.1 Å². The van der Waals surface area contributed by atoms with E-state index in [0.29, 0.717) is 12.0 Å². The van der Waals surface area contributed by atoms with Gasteiger partial charge in [-0.2, -0.15) is 0 Å². The maximum absolute atomic E-state index is 13.5. The van der Waals surface area contributed by atoms with Gasteiger partial charge in [0.15, 0.2) is 0 Å². The second-order valence-corrected chi connectivity index (χ2v) is 8.56. The number of carbonyl (C=O) groups excluding carboxylic acids is 2. The van der Waals surface area contributed by atoms with Crippen molar-refractivity contribution in [3.05, 3.63) is 75.5 Å². The zero-order chi connectivity index (χ0) is 22.6. The van der Waals surface area contributed by atoms with Crippen molar-refractivity contribution < 1.29 is 14.5 Å². The molecule has 164 valence electrons. The zero-order valence-electron chi connectivity index (χ0n) is 17.9. The highest BCUT2D eigenvalue weighted by Gasteiger charge is 2.49. The number of H-pyrrole nitrogens is 1. The first-order valence-electron chi connectivity index (χ1n) is 10.9. The molecule has 0 spiro atoms. The van der Waals surface area contributed by atoms with Gasteiger partial charge in [-0.05, 0) is 30.5 Å². The topological polar surface area (TPSA) is 99.5 Å². The first kappa shape index (κ1) is 20.2. The van der Waals surface area contributed by atoms with Crippen LogP contribution in [0.3, 0.4) is 0 Å². The maximum Gasteiger partial charge on any atom is 0.269 e. The van der Waals surface area contributed by atoms with Crippen LogP contribution in [0.4, 0.5) is 5.69 Å². The van der Waals surface area contributed by atoms with Gasteiger partial charge in [0, 0.05) is 41.2 Å². The first-order valence-corrected chi connectivity index (χ1v) is 10.9. The van der Waals surface area contributed by atoms with Gasteiger partial charge in [0.1, 0.15) is 12.6 Å². The number of amides is 2. The van der Waals surface area contributed by atoms with E-state index in [1.807, 2.05) is 38.1 Å². The summed E-state index contributed by atoms with van der Waals surface area (Å²) in [5.74, 6) is -0.207. The number of aromatic amines is 1. The molecule has 2 aromatic carbocycles. The zero-order valence-corrected chi connectivity index (χ0v) is 17.9. The van der Waals surface area contributed by atoms with Crippen molar-refractivity contribution in [3.8, 4) is 0 Å². The Morgan fingerprint density at radius 2 is 1.97 bits per heavy atom. The third-order valence-corrected chi connectivity index (χ3v) is 6.81. The summed E-state index contributed by atoms with van der Waals surface area (Å²) in [6, 6.07) is 12.9. The summed E-state index contributed by atoms with van der Waals surface area (Å²) in [5.41, 5.74) is 3.31. The third kappa shape index (κ3) is 2.97. The summed E-state index contributed by atoms with van der Waals surface area (Å²) in [6.45, 7) is 3.98. The molecule has 1 aromatic heterocycles. The van der Waals surface area contributed by atoms with Crippen LogP contribution in [-0.2, 0) is 16.0 Å². The Hall–Kier alpha value is -3.68. The van der Waals surface area contributed by atoms with Gasteiger partial charge >= 0.3 is 0 Å². The molecule has 32 heavy (non-hydrogen) atoms. The van der Waals surface area contributed by atoms with E-state index in [2.05, 4.69) is 4.98 Å². The lowest BCUT2D eigenvalue weighted by Gasteiger charge is -2.48. The van der Waals surface area contributed by atoms with Crippen LogP contribution < -0.4 is 0 Å². The number of nitrogens with one attached hydrogen (secondary N) is 1. The summed E-state index contributed by atoms with van der Waals surface area (Å²) in [7, 11) is 0. The average molecular weight is 432 g/mol. The molecule has 2 aliphatic rings. The van der Waals surface area contributed by atoms with Gasteiger partial charge in [0.25, 0.3) is 5.69 Å². The van der Waals surface area contributed by atoms with Crippen LogP contribution >= 0.6 is 0 Å². The number of benzene rings is 2. The Bertz CT molecular complexity index is 1250. The van der Waals surface area contributed by atoms with Gasteiger partial charge in [0.2, 0.25) is 11.8 Å². The summed E-state index contributed by atoms with van der Waals surface area (Å²) in [6.07, 6.45) is 1.18. The van der Waals surface area contributed by atoms with Crippen LogP contribution in [0.1, 0.15) is 43.1 Å². The van der Waals surface area contributed by atoms with E-state index in [4.69, 9.17) is 0 Å². The molecule has 0 unspecified atom stereocenters. The van der Waals surface area contributed by atoms with Crippen molar-refractivity contribution in [1.82, 2.24) is 14.8 Å². The minimum Gasteiger partial charge on any atom is -0.356 e. The maximum atomic E-state index is 13.5. The Balaban J connectivity index is 1.71. The Morgan fingerprint density at radius 3 is 2.72 bits per heavy atom. The van der Waals surface area contributed by atoms with Crippen LogP contribution in [0.15, 0.2) is 48.5 Å². The molecule has 0 saturated carbocycles. The number of nitrogens with zero attached hydrogens (tertiary/aromatic N) is 3. The molecule has 8 heteroatoms. The van der Waals surface area contributed by atoms with Crippen molar-refractivity contribution in [2.24, 2.45) is 0 Å². The normalized spacial score (nSPS) is 21.4. The standard InChI is InChI=1S/C24H24N4O4/c1-3-14(2)26-13-21(29)27-20(24(26)30)12-18-17-9-4-5-10-19(17)25-22(18)23(27)15-7-6-8-16(11-15)28(31)32/h4-11,14,20,23,25H,3,12-13H2,1-2H3/t14-,20+,23-/m0/s1. The van der Waals surface area contributed by atoms with Crippen molar-refractivity contribution in [2.45, 2.75) is 44.8 Å². The van der Waals surface area contributed by atoms with E-state index < -0.39 is 17.0 Å². The monoisotopic (exact) mass is 432 g/mol. The molecule has 8 nitrogen and oxygen atoms in total. The average Bonchev–Trinajstić information content (AvgIpc) is 3.18. The number of nitro benzene ring substituents is 1. The largest absolute Gasteiger partial charge is 0.356 e. The molecule has 1 N–H and O–H groups in total. The molecule has 3 heterocycles. The number of non-ortho nitro benzene ring substituents is 1. The summed E-state index contributed by atoms with van der Waals surface area (Å²) in [4.78, 5) is 44.7. The molecule has 0 bridgehead atoms. The van der Waals surface area contributed by atoms with Crippen molar-refractivity contribution in [3.63, 3.8) is 0 Å². The Kier molecular flexibility index (Phi) is 4.73. The van der Waals surface area contributed by atoms with E-state index in [0.717, 1.165) is 28.6 Å². The van der Waals surface area contributed by atoms with E-state index in [1.165, 1.54) is 12.1 Å². The molecule has 3 atom stereocenters. The number of piperazine rings is 1. The molecule has 1 fully saturated rings. The fourth-order valence-electron chi connectivity index (χ4n) is 5.03. The highest BCUT2D eigenvalue weighted by molar-refractivity contribution is 5.97. The molecule has 0 aliphatic carbocycles.